The van der Waals surface area contributed by atoms with Crippen LogP contribution >= 0.6 is 0 Å². The molecular formula is C12H17N3O4. The van der Waals surface area contributed by atoms with E-state index in [-0.39, 0.29) is 5.56 Å². The number of carboxylic acids is 1. The average Bonchev–Trinajstić information content (AvgIpc) is 2.69. The monoisotopic (exact) mass is 267 g/mol. The number of anilines is 1. The van der Waals surface area contributed by atoms with Gasteiger partial charge in [-0.1, -0.05) is 0 Å². The van der Waals surface area contributed by atoms with E-state index in [1.807, 2.05) is 0 Å². The van der Waals surface area contributed by atoms with Crippen LogP contribution in [-0.2, 0) is 11.3 Å². The van der Waals surface area contributed by atoms with Gasteiger partial charge in [0.15, 0.2) is 5.82 Å². The lowest BCUT2D eigenvalue weighted by Crippen LogP contribution is -2.41. The topological polar surface area (TPSA) is 84.7 Å². The first-order valence-electron chi connectivity index (χ1n) is 6.09. The summed E-state index contributed by atoms with van der Waals surface area (Å²) in [7, 11) is 0. The van der Waals surface area contributed by atoms with Crippen molar-refractivity contribution in [2.75, 3.05) is 11.4 Å². The number of carbonyl (C=O) groups excluding carboxylic acids is 1. The Labute approximate surface area is 110 Å². The predicted molar refractivity (Wildman–Crippen MR) is 67.4 cm³/mol. The van der Waals surface area contributed by atoms with Crippen LogP contribution in [0.15, 0.2) is 6.20 Å². The molecule has 1 aromatic heterocycles. The normalized spacial score (nSPS) is 15.0. The van der Waals surface area contributed by atoms with Gasteiger partial charge in [-0.15, -0.1) is 0 Å². The Hall–Kier alpha value is -2.05. The van der Waals surface area contributed by atoms with Gasteiger partial charge in [0, 0.05) is 13.1 Å². The highest BCUT2D eigenvalue weighted by Crippen LogP contribution is 2.26. The van der Waals surface area contributed by atoms with Crippen LogP contribution in [0.3, 0.4) is 0 Å². The zero-order valence-corrected chi connectivity index (χ0v) is 11.2. The van der Waals surface area contributed by atoms with Crippen LogP contribution in [-0.4, -0.2) is 39.1 Å². The molecule has 1 aliphatic rings. The summed E-state index contributed by atoms with van der Waals surface area (Å²) in [6.45, 7) is 6.33. The summed E-state index contributed by atoms with van der Waals surface area (Å²) < 4.78 is 6.82. The van der Waals surface area contributed by atoms with E-state index in [1.54, 1.807) is 20.8 Å². The fraction of sp³-hybridized carbons (Fsp3) is 0.583. The van der Waals surface area contributed by atoms with E-state index in [2.05, 4.69) is 5.10 Å². The number of rotatable bonds is 1. The van der Waals surface area contributed by atoms with E-state index in [1.165, 1.54) is 15.8 Å². The number of aromatic carboxylic acids is 1. The first-order chi connectivity index (χ1) is 8.79. The molecule has 1 aliphatic heterocycles. The third-order valence-corrected chi connectivity index (χ3v) is 2.66. The minimum Gasteiger partial charge on any atom is -0.477 e. The first-order valence-corrected chi connectivity index (χ1v) is 6.09. The molecule has 1 amide bonds. The number of amides is 1. The number of ether oxygens (including phenoxy) is 1. The summed E-state index contributed by atoms with van der Waals surface area (Å²) in [5, 5.41) is 13.1. The summed E-state index contributed by atoms with van der Waals surface area (Å²) in [5.74, 6) is -0.801. The van der Waals surface area contributed by atoms with Crippen LogP contribution in [0.2, 0.25) is 0 Å². The van der Waals surface area contributed by atoms with Gasteiger partial charge < -0.3 is 9.84 Å². The van der Waals surface area contributed by atoms with Gasteiger partial charge >= 0.3 is 12.1 Å². The number of aromatic nitrogens is 2. The van der Waals surface area contributed by atoms with Crippen molar-refractivity contribution < 1.29 is 19.4 Å². The molecule has 0 saturated heterocycles. The van der Waals surface area contributed by atoms with Crippen molar-refractivity contribution in [2.24, 2.45) is 0 Å². The van der Waals surface area contributed by atoms with Gasteiger partial charge in [-0.05, 0) is 27.2 Å². The molecule has 2 heterocycles. The van der Waals surface area contributed by atoms with E-state index < -0.39 is 17.7 Å². The fourth-order valence-electron chi connectivity index (χ4n) is 1.96. The maximum Gasteiger partial charge on any atom is 0.416 e. The quantitative estimate of drug-likeness (QED) is 0.837. The van der Waals surface area contributed by atoms with Crippen LogP contribution < -0.4 is 4.90 Å². The molecule has 1 aromatic rings. The van der Waals surface area contributed by atoms with Gasteiger partial charge in [0.05, 0.1) is 6.20 Å². The third kappa shape index (κ3) is 2.69. The van der Waals surface area contributed by atoms with Gasteiger partial charge in [0.2, 0.25) is 0 Å². The Morgan fingerprint density at radius 2 is 2.05 bits per heavy atom. The number of hydrogen-bond donors (Lipinski definition) is 1. The Bertz CT molecular complexity index is 516. The minimum absolute atomic E-state index is 0.0190. The van der Waals surface area contributed by atoms with E-state index in [0.29, 0.717) is 25.3 Å². The van der Waals surface area contributed by atoms with Crippen molar-refractivity contribution in [2.45, 2.75) is 39.3 Å². The number of aryl methyl sites for hydroxylation is 1. The SMILES string of the molecule is CC(C)(C)OC(=O)N1CCCn2ncc(C(=O)O)c21. The number of carboxylic acid groups (broad SMARTS) is 1. The Morgan fingerprint density at radius 3 is 2.63 bits per heavy atom. The minimum atomic E-state index is -1.10. The van der Waals surface area contributed by atoms with Crippen LogP contribution in [0.1, 0.15) is 37.6 Å². The lowest BCUT2D eigenvalue weighted by Gasteiger charge is -2.30. The van der Waals surface area contributed by atoms with Crippen molar-refractivity contribution in [3.8, 4) is 0 Å². The molecule has 0 aliphatic carbocycles. The standard InChI is InChI=1S/C12H17N3O4/c1-12(2,3)19-11(18)14-5-4-6-15-9(14)8(7-13-15)10(16)17/h7H,4-6H2,1-3H3,(H,16,17). The molecule has 0 saturated carbocycles. The highest BCUT2D eigenvalue weighted by atomic mass is 16.6. The predicted octanol–water partition coefficient (Wildman–Crippen LogP) is 1.73. The number of carbonyl (C=O) groups is 2. The summed E-state index contributed by atoms with van der Waals surface area (Å²) in [6, 6.07) is 0. The van der Waals surface area contributed by atoms with Crippen LogP contribution in [0.5, 0.6) is 0 Å². The fourth-order valence-corrected chi connectivity index (χ4v) is 1.96. The molecule has 0 unspecified atom stereocenters. The number of nitrogens with zero attached hydrogens (tertiary/aromatic N) is 3. The highest BCUT2D eigenvalue weighted by Gasteiger charge is 2.32. The second kappa shape index (κ2) is 4.56. The average molecular weight is 267 g/mol. The molecular weight excluding hydrogens is 250 g/mol. The second-order valence-corrected chi connectivity index (χ2v) is 5.40. The smallest absolute Gasteiger partial charge is 0.416 e. The third-order valence-electron chi connectivity index (χ3n) is 2.66. The Balaban J connectivity index is 2.33. The molecule has 0 bridgehead atoms. The maximum absolute atomic E-state index is 12.1. The summed E-state index contributed by atoms with van der Waals surface area (Å²) >= 11 is 0. The van der Waals surface area contributed by atoms with Gasteiger partial charge in [-0.25, -0.2) is 14.3 Å². The zero-order chi connectivity index (χ0) is 14.2. The molecule has 1 N–H and O–H groups in total. The van der Waals surface area contributed by atoms with Crippen molar-refractivity contribution in [3.05, 3.63) is 11.8 Å². The summed E-state index contributed by atoms with van der Waals surface area (Å²) in [5.41, 5.74) is -0.603. The van der Waals surface area contributed by atoms with Crippen molar-refractivity contribution in [1.82, 2.24) is 9.78 Å². The van der Waals surface area contributed by atoms with E-state index >= 15 is 0 Å². The van der Waals surface area contributed by atoms with E-state index in [9.17, 15) is 9.59 Å². The van der Waals surface area contributed by atoms with Crippen LogP contribution in [0.4, 0.5) is 10.6 Å². The molecule has 0 spiro atoms. The van der Waals surface area contributed by atoms with Crippen molar-refractivity contribution in [1.29, 1.82) is 0 Å². The lowest BCUT2D eigenvalue weighted by atomic mass is 10.2. The molecule has 7 heteroatoms. The molecule has 19 heavy (non-hydrogen) atoms. The van der Waals surface area contributed by atoms with Crippen molar-refractivity contribution >= 4 is 17.9 Å². The Kier molecular flexibility index (Phi) is 3.21. The lowest BCUT2D eigenvalue weighted by molar-refractivity contribution is 0.0572. The second-order valence-electron chi connectivity index (χ2n) is 5.40. The van der Waals surface area contributed by atoms with Crippen LogP contribution in [0, 0.1) is 0 Å². The molecule has 104 valence electrons. The highest BCUT2D eigenvalue weighted by molar-refractivity contribution is 5.98. The van der Waals surface area contributed by atoms with Crippen LogP contribution in [0.25, 0.3) is 0 Å². The van der Waals surface area contributed by atoms with Gasteiger partial charge in [0.25, 0.3) is 0 Å². The van der Waals surface area contributed by atoms with E-state index in [4.69, 9.17) is 9.84 Å². The summed E-state index contributed by atoms with van der Waals surface area (Å²) in [6.07, 6.45) is 1.43. The van der Waals surface area contributed by atoms with Crippen molar-refractivity contribution in [3.63, 3.8) is 0 Å². The maximum atomic E-state index is 12.1. The Morgan fingerprint density at radius 1 is 1.37 bits per heavy atom. The number of fused-ring (bicyclic) bond motifs is 1. The molecule has 0 radical (unpaired) electrons. The first kappa shape index (κ1) is 13.4. The van der Waals surface area contributed by atoms with Gasteiger partial charge in [0.1, 0.15) is 11.2 Å². The largest absolute Gasteiger partial charge is 0.477 e. The molecule has 0 atom stereocenters. The summed E-state index contributed by atoms with van der Waals surface area (Å²) in [4.78, 5) is 24.6. The number of hydrogen-bond acceptors (Lipinski definition) is 4. The zero-order valence-electron chi connectivity index (χ0n) is 11.2. The molecule has 7 nitrogen and oxygen atoms in total. The molecule has 2 rings (SSSR count). The molecule has 0 aromatic carbocycles. The van der Waals surface area contributed by atoms with Gasteiger partial charge in [-0.3, -0.25) is 4.90 Å². The molecule has 0 fully saturated rings. The van der Waals surface area contributed by atoms with Gasteiger partial charge in [-0.2, -0.15) is 5.10 Å². The van der Waals surface area contributed by atoms with E-state index in [0.717, 1.165) is 0 Å².